The Balaban J connectivity index is 1.39. The third-order valence-electron chi connectivity index (χ3n) is 4.57. The van der Waals surface area contributed by atoms with E-state index in [1.165, 1.54) is 12.1 Å². The second kappa shape index (κ2) is 7.87. The zero-order valence-electron chi connectivity index (χ0n) is 14.7. The van der Waals surface area contributed by atoms with Gasteiger partial charge in [0.15, 0.2) is 0 Å². The molecule has 4 rings (SSSR count). The van der Waals surface area contributed by atoms with Crippen LogP contribution in [0.4, 0.5) is 15.8 Å². The number of hydrogen-bond acceptors (Lipinski definition) is 5. The van der Waals surface area contributed by atoms with Gasteiger partial charge in [0.2, 0.25) is 0 Å². The van der Waals surface area contributed by atoms with E-state index in [1.807, 2.05) is 24.3 Å². The minimum atomic E-state index is -0.321. The van der Waals surface area contributed by atoms with Gasteiger partial charge >= 0.3 is 0 Å². The summed E-state index contributed by atoms with van der Waals surface area (Å²) < 4.78 is 19.1. The fraction of sp³-hybridized carbons (Fsp3) is 0.250. The van der Waals surface area contributed by atoms with E-state index in [4.69, 9.17) is 4.74 Å². The van der Waals surface area contributed by atoms with Gasteiger partial charge in [-0.25, -0.2) is 9.82 Å². The Morgan fingerprint density at radius 1 is 1.22 bits per heavy atom. The molecule has 0 spiro atoms. The molecule has 27 heavy (non-hydrogen) atoms. The lowest BCUT2D eigenvalue weighted by atomic mass is 10.1. The smallest absolute Gasteiger partial charge is 0.254 e. The van der Waals surface area contributed by atoms with Crippen molar-refractivity contribution in [2.75, 3.05) is 36.6 Å². The number of anilines is 2. The molecule has 0 bridgehead atoms. The van der Waals surface area contributed by atoms with Crippen LogP contribution >= 0.6 is 0 Å². The largest absolute Gasteiger partial charge is 0.371 e. The van der Waals surface area contributed by atoms with Gasteiger partial charge in [-0.3, -0.25) is 9.80 Å². The summed E-state index contributed by atoms with van der Waals surface area (Å²) in [6.45, 7) is 2.74. The molecule has 1 atom stereocenters. The molecule has 140 valence electrons. The van der Waals surface area contributed by atoms with Gasteiger partial charge in [0.05, 0.1) is 24.0 Å². The summed E-state index contributed by atoms with van der Waals surface area (Å²) in [7, 11) is 0. The quantitative estimate of drug-likeness (QED) is 0.773. The molecule has 2 heterocycles. The topological polar surface area (TPSA) is 65.6 Å². The average Bonchev–Trinajstić information content (AvgIpc) is 3.20. The predicted octanol–water partition coefficient (Wildman–Crippen LogP) is 2.33. The molecule has 7 heteroatoms. The highest BCUT2D eigenvalue weighted by Crippen LogP contribution is 2.22. The Morgan fingerprint density at radius 2 is 2.07 bits per heavy atom. The summed E-state index contributed by atoms with van der Waals surface area (Å²) in [4.78, 5) is 12.5. The third kappa shape index (κ3) is 4.16. The molecule has 1 fully saturated rings. The summed E-state index contributed by atoms with van der Waals surface area (Å²) in [6, 6.07) is 13.9. The number of carbonyl (C=O) groups is 1. The monoisotopic (exact) mass is 368 g/mol. The second-order valence-corrected chi connectivity index (χ2v) is 6.48. The molecule has 6 nitrogen and oxygen atoms in total. The van der Waals surface area contributed by atoms with E-state index < -0.39 is 0 Å². The molecule has 2 aliphatic rings. The highest BCUT2D eigenvalue weighted by Gasteiger charge is 2.20. The highest BCUT2D eigenvalue weighted by molar-refractivity contribution is 6.04. The van der Waals surface area contributed by atoms with Gasteiger partial charge in [-0.1, -0.05) is 18.2 Å². The van der Waals surface area contributed by atoms with E-state index in [2.05, 4.69) is 16.1 Å². The average molecular weight is 368 g/mol. The summed E-state index contributed by atoms with van der Waals surface area (Å²) in [5, 5.41) is 7.84. The highest BCUT2D eigenvalue weighted by atomic mass is 19.1. The predicted molar refractivity (Wildman–Crippen MR) is 102 cm³/mol. The van der Waals surface area contributed by atoms with Crippen LogP contribution in [-0.4, -0.2) is 32.1 Å². The zero-order valence-corrected chi connectivity index (χ0v) is 14.7. The molecule has 2 aliphatic heterocycles. The van der Waals surface area contributed by atoms with Crippen LogP contribution in [0.1, 0.15) is 11.7 Å². The van der Waals surface area contributed by atoms with Gasteiger partial charge in [-0.15, -0.1) is 0 Å². The van der Waals surface area contributed by atoms with E-state index in [1.54, 1.807) is 23.3 Å². The molecule has 0 aliphatic carbocycles. The number of hydrazine groups is 1. The lowest BCUT2D eigenvalue weighted by Gasteiger charge is -2.24. The first-order valence-corrected chi connectivity index (χ1v) is 8.92. The first-order valence-electron chi connectivity index (χ1n) is 8.92. The Bertz CT molecular complexity index is 847. The van der Waals surface area contributed by atoms with Crippen LogP contribution in [0.5, 0.6) is 0 Å². The van der Waals surface area contributed by atoms with Crippen molar-refractivity contribution in [1.82, 2.24) is 10.7 Å². The van der Waals surface area contributed by atoms with E-state index in [9.17, 15) is 9.18 Å². The molecule has 0 saturated carbocycles. The number of ether oxygens (including phenoxy) is 1. The Labute approximate surface area is 157 Å². The van der Waals surface area contributed by atoms with E-state index in [-0.39, 0.29) is 17.8 Å². The molecule has 1 saturated heterocycles. The maximum Gasteiger partial charge on any atom is 0.254 e. The standard InChI is InChI=1S/C20H21FN4O2/c21-16-2-1-3-18(10-16)25-13-15(11-23-25)20(26)24-17-6-4-14(5-7-17)19-12-22-8-9-27-19/h1-7,10,13,19,22-23H,8-9,11-12H2,(H,24,26)/t19-/m1/s1. The fourth-order valence-corrected chi connectivity index (χ4v) is 3.12. The summed E-state index contributed by atoms with van der Waals surface area (Å²) in [6.07, 6.45) is 1.73. The van der Waals surface area contributed by atoms with Crippen molar-refractivity contribution >= 4 is 17.3 Å². The number of carbonyl (C=O) groups excluding carboxylic acids is 1. The number of hydrogen-bond donors (Lipinski definition) is 3. The van der Waals surface area contributed by atoms with E-state index >= 15 is 0 Å². The maximum atomic E-state index is 13.4. The van der Waals surface area contributed by atoms with Crippen molar-refractivity contribution in [3.8, 4) is 0 Å². The van der Waals surface area contributed by atoms with Crippen molar-refractivity contribution in [2.24, 2.45) is 0 Å². The van der Waals surface area contributed by atoms with E-state index in [0.29, 0.717) is 24.4 Å². The van der Waals surface area contributed by atoms with Crippen molar-refractivity contribution in [1.29, 1.82) is 0 Å². The van der Waals surface area contributed by atoms with Crippen molar-refractivity contribution < 1.29 is 13.9 Å². The van der Waals surface area contributed by atoms with Crippen LogP contribution in [0, 0.1) is 5.82 Å². The van der Waals surface area contributed by atoms with Crippen LogP contribution in [-0.2, 0) is 9.53 Å². The molecule has 2 aromatic carbocycles. The van der Waals surface area contributed by atoms with Gasteiger partial charge in [-0.05, 0) is 35.9 Å². The van der Waals surface area contributed by atoms with Crippen LogP contribution in [0.15, 0.2) is 60.3 Å². The Kier molecular flexibility index (Phi) is 5.15. The van der Waals surface area contributed by atoms with Gasteiger partial charge in [0.25, 0.3) is 5.91 Å². The van der Waals surface area contributed by atoms with Gasteiger partial charge in [0.1, 0.15) is 5.82 Å². The summed E-state index contributed by atoms with van der Waals surface area (Å²) in [5.41, 5.74) is 6.08. The normalized spacial score (nSPS) is 19.7. The molecule has 0 unspecified atom stereocenters. The van der Waals surface area contributed by atoms with Crippen molar-refractivity contribution in [3.05, 3.63) is 71.7 Å². The molecule has 2 aromatic rings. The number of nitrogens with zero attached hydrogens (tertiary/aromatic N) is 1. The first-order chi connectivity index (χ1) is 13.2. The molecule has 0 aromatic heterocycles. The Hall–Kier alpha value is -2.74. The Morgan fingerprint density at radius 3 is 2.81 bits per heavy atom. The van der Waals surface area contributed by atoms with Gasteiger partial charge < -0.3 is 15.4 Å². The number of halogens is 1. The number of benzene rings is 2. The lowest BCUT2D eigenvalue weighted by molar-refractivity contribution is -0.112. The molecule has 0 radical (unpaired) electrons. The zero-order chi connectivity index (χ0) is 18.6. The first kappa shape index (κ1) is 17.7. The molecule has 3 N–H and O–H groups in total. The lowest BCUT2D eigenvalue weighted by Crippen LogP contribution is -2.33. The van der Waals surface area contributed by atoms with Crippen LogP contribution in [0.2, 0.25) is 0 Å². The molecule has 1 amide bonds. The number of morpholine rings is 1. The minimum absolute atomic E-state index is 0.0464. The van der Waals surface area contributed by atoms with Crippen LogP contribution in [0.3, 0.4) is 0 Å². The van der Waals surface area contributed by atoms with Crippen molar-refractivity contribution in [2.45, 2.75) is 6.10 Å². The number of amides is 1. The van der Waals surface area contributed by atoms with Crippen molar-refractivity contribution in [3.63, 3.8) is 0 Å². The molecular weight excluding hydrogens is 347 g/mol. The summed E-state index contributed by atoms with van der Waals surface area (Å²) in [5.74, 6) is -0.512. The minimum Gasteiger partial charge on any atom is -0.371 e. The fourth-order valence-electron chi connectivity index (χ4n) is 3.12. The third-order valence-corrected chi connectivity index (χ3v) is 4.57. The van der Waals surface area contributed by atoms with Gasteiger partial charge in [0, 0.05) is 31.5 Å². The summed E-state index contributed by atoms with van der Waals surface area (Å²) >= 11 is 0. The van der Waals surface area contributed by atoms with E-state index in [0.717, 1.165) is 24.3 Å². The van der Waals surface area contributed by atoms with Crippen LogP contribution in [0.25, 0.3) is 0 Å². The SMILES string of the molecule is O=C(Nc1ccc([C@H]2CNCCO2)cc1)C1=CN(c2cccc(F)c2)NC1. The number of nitrogens with one attached hydrogen (secondary N) is 3. The maximum absolute atomic E-state index is 13.4. The number of rotatable bonds is 4. The van der Waals surface area contributed by atoms with Gasteiger partial charge in [-0.2, -0.15) is 0 Å². The van der Waals surface area contributed by atoms with Crippen LogP contribution < -0.4 is 21.1 Å². The molecular formula is C20H21FN4O2. The second-order valence-electron chi connectivity index (χ2n) is 6.48.